The summed E-state index contributed by atoms with van der Waals surface area (Å²) in [6, 6.07) is 6.62. The van der Waals surface area contributed by atoms with Gasteiger partial charge in [0.1, 0.15) is 5.75 Å². The maximum atomic E-state index is 12.8. The minimum atomic E-state index is -0.611. The first kappa shape index (κ1) is 22.6. The van der Waals surface area contributed by atoms with Crippen LogP contribution in [0.4, 0.5) is 5.69 Å². The first-order valence-corrected chi connectivity index (χ1v) is 10.3. The third kappa shape index (κ3) is 4.96. The molecule has 0 aliphatic heterocycles. The van der Waals surface area contributed by atoms with Gasteiger partial charge in [0.15, 0.2) is 12.3 Å². The summed E-state index contributed by atoms with van der Waals surface area (Å²) in [4.78, 5) is 29.7. The molecule has 3 aromatic rings. The summed E-state index contributed by atoms with van der Waals surface area (Å²) < 4.78 is 12.1. The molecule has 0 unspecified atom stereocenters. The van der Waals surface area contributed by atoms with Crippen molar-refractivity contribution in [1.29, 1.82) is 0 Å². The van der Waals surface area contributed by atoms with E-state index < -0.39 is 18.5 Å². The number of methoxy groups -OCH3 is 1. The minimum Gasteiger partial charge on any atom is -0.495 e. The van der Waals surface area contributed by atoms with Crippen LogP contribution in [0.25, 0.3) is 11.0 Å². The Balaban J connectivity index is 1.77. The molecule has 0 atom stereocenters. The average Bonchev–Trinajstić information content (AvgIpc) is 3.15. The molecule has 3 rings (SSSR count). The molecule has 0 aliphatic rings. The van der Waals surface area contributed by atoms with E-state index in [0.29, 0.717) is 33.1 Å². The van der Waals surface area contributed by atoms with Gasteiger partial charge in [0.2, 0.25) is 0 Å². The zero-order valence-electron chi connectivity index (χ0n) is 18.1. The van der Waals surface area contributed by atoms with E-state index in [1.165, 1.54) is 7.11 Å². The van der Waals surface area contributed by atoms with E-state index >= 15 is 0 Å². The van der Waals surface area contributed by atoms with Crippen LogP contribution in [0.2, 0.25) is 5.02 Å². The summed E-state index contributed by atoms with van der Waals surface area (Å²) in [5.41, 5.74) is 2.17. The fourth-order valence-electron chi connectivity index (χ4n) is 3.03. The fourth-order valence-corrected chi connectivity index (χ4v) is 3.29. The zero-order chi connectivity index (χ0) is 22.7. The summed E-state index contributed by atoms with van der Waals surface area (Å²) in [5.74, 6) is -0.493. The molecule has 2 aromatic heterocycles. The summed E-state index contributed by atoms with van der Waals surface area (Å²) in [6.07, 6.45) is 1.60. The van der Waals surface area contributed by atoms with E-state index in [1.807, 2.05) is 27.7 Å². The molecule has 0 spiro atoms. The van der Waals surface area contributed by atoms with Crippen molar-refractivity contribution in [2.24, 2.45) is 0 Å². The number of esters is 1. The molecule has 31 heavy (non-hydrogen) atoms. The maximum absolute atomic E-state index is 12.8. The van der Waals surface area contributed by atoms with Gasteiger partial charge in [0, 0.05) is 17.4 Å². The molecule has 9 heteroatoms. The SMILES string of the molecule is COc1ccc(NC(=O)COC(=O)c2cc(C(C)C)nc3c2cnn3C(C)C)cc1Cl. The first-order valence-electron chi connectivity index (χ1n) is 9.90. The highest BCUT2D eigenvalue weighted by Gasteiger charge is 2.20. The summed E-state index contributed by atoms with van der Waals surface area (Å²) in [7, 11) is 1.50. The summed E-state index contributed by atoms with van der Waals surface area (Å²) in [5, 5.41) is 7.95. The van der Waals surface area contributed by atoms with Gasteiger partial charge in [0.25, 0.3) is 5.91 Å². The molecule has 1 N–H and O–H groups in total. The van der Waals surface area contributed by atoms with E-state index in [4.69, 9.17) is 21.1 Å². The van der Waals surface area contributed by atoms with E-state index in [1.54, 1.807) is 35.1 Å². The number of carbonyl (C=O) groups excluding carboxylic acids is 2. The molecule has 0 saturated carbocycles. The van der Waals surface area contributed by atoms with Crippen LogP contribution in [0.5, 0.6) is 5.75 Å². The van der Waals surface area contributed by atoms with Crippen molar-refractivity contribution in [3.63, 3.8) is 0 Å². The van der Waals surface area contributed by atoms with Gasteiger partial charge >= 0.3 is 5.97 Å². The Bertz CT molecular complexity index is 1120. The van der Waals surface area contributed by atoms with Crippen LogP contribution in [0.3, 0.4) is 0 Å². The van der Waals surface area contributed by atoms with Crippen LogP contribution in [0, 0.1) is 0 Å². The topological polar surface area (TPSA) is 95.3 Å². The lowest BCUT2D eigenvalue weighted by atomic mass is 10.1. The normalized spacial score (nSPS) is 11.2. The van der Waals surface area contributed by atoms with Crippen molar-refractivity contribution < 1.29 is 19.1 Å². The number of nitrogens with one attached hydrogen (secondary N) is 1. The van der Waals surface area contributed by atoms with Crippen molar-refractivity contribution in [3.8, 4) is 5.75 Å². The second-order valence-electron chi connectivity index (χ2n) is 7.64. The van der Waals surface area contributed by atoms with E-state index in [-0.39, 0.29) is 12.0 Å². The van der Waals surface area contributed by atoms with Gasteiger partial charge < -0.3 is 14.8 Å². The second-order valence-corrected chi connectivity index (χ2v) is 8.05. The van der Waals surface area contributed by atoms with Crippen LogP contribution in [-0.4, -0.2) is 40.4 Å². The number of pyridine rings is 1. The Morgan fingerprint density at radius 2 is 1.94 bits per heavy atom. The average molecular weight is 445 g/mol. The summed E-state index contributed by atoms with van der Waals surface area (Å²) in [6.45, 7) is 7.52. The van der Waals surface area contributed by atoms with Crippen LogP contribution in [0.15, 0.2) is 30.5 Å². The smallest absolute Gasteiger partial charge is 0.339 e. The second kappa shape index (κ2) is 9.34. The lowest BCUT2D eigenvalue weighted by molar-refractivity contribution is -0.119. The standard InChI is InChI=1S/C22H25ClN4O4/c1-12(2)18-9-15(16-10-24-27(13(3)4)21(16)26-18)22(29)31-11-20(28)25-14-6-7-19(30-5)17(23)8-14/h6-10,12-13H,11H2,1-5H3,(H,25,28). The molecule has 1 amide bonds. The number of amides is 1. The van der Waals surface area contributed by atoms with Crippen molar-refractivity contribution in [3.05, 3.63) is 46.7 Å². The number of fused-ring (bicyclic) bond motifs is 1. The van der Waals surface area contributed by atoms with Gasteiger partial charge in [-0.1, -0.05) is 25.4 Å². The highest BCUT2D eigenvalue weighted by molar-refractivity contribution is 6.32. The quantitative estimate of drug-likeness (QED) is 0.535. The molecule has 2 heterocycles. The number of benzene rings is 1. The Morgan fingerprint density at radius 1 is 1.19 bits per heavy atom. The van der Waals surface area contributed by atoms with Crippen molar-refractivity contribution >= 4 is 40.2 Å². The third-order valence-corrected chi connectivity index (χ3v) is 4.95. The zero-order valence-corrected chi connectivity index (χ0v) is 18.9. The Labute approximate surface area is 185 Å². The van der Waals surface area contributed by atoms with Gasteiger partial charge in [-0.05, 0) is 44.0 Å². The van der Waals surface area contributed by atoms with Crippen LogP contribution in [-0.2, 0) is 9.53 Å². The molecular formula is C22H25ClN4O4. The molecule has 0 fully saturated rings. The third-order valence-electron chi connectivity index (χ3n) is 4.66. The number of ether oxygens (including phenoxy) is 2. The molecular weight excluding hydrogens is 420 g/mol. The number of aromatic nitrogens is 3. The highest BCUT2D eigenvalue weighted by atomic mass is 35.5. The number of rotatable bonds is 7. The number of nitrogens with zero attached hydrogens (tertiary/aromatic N) is 3. The van der Waals surface area contributed by atoms with Crippen LogP contribution in [0.1, 0.15) is 55.7 Å². The fraction of sp³-hybridized carbons (Fsp3) is 0.364. The maximum Gasteiger partial charge on any atom is 0.339 e. The minimum absolute atomic E-state index is 0.0818. The number of hydrogen-bond acceptors (Lipinski definition) is 6. The Morgan fingerprint density at radius 3 is 2.55 bits per heavy atom. The molecule has 1 aromatic carbocycles. The molecule has 164 valence electrons. The predicted molar refractivity (Wildman–Crippen MR) is 119 cm³/mol. The summed E-state index contributed by atoms with van der Waals surface area (Å²) >= 11 is 6.06. The van der Waals surface area contributed by atoms with Gasteiger partial charge in [-0.25, -0.2) is 14.5 Å². The first-order chi connectivity index (χ1) is 14.7. The van der Waals surface area contributed by atoms with Crippen LogP contribution < -0.4 is 10.1 Å². The number of hydrogen-bond donors (Lipinski definition) is 1. The van der Waals surface area contributed by atoms with E-state index in [9.17, 15) is 9.59 Å². The van der Waals surface area contributed by atoms with Crippen LogP contribution >= 0.6 is 11.6 Å². The lowest BCUT2D eigenvalue weighted by Gasteiger charge is -2.12. The monoisotopic (exact) mass is 444 g/mol. The van der Waals surface area contributed by atoms with Crippen molar-refractivity contribution in [2.45, 2.75) is 39.7 Å². The largest absolute Gasteiger partial charge is 0.495 e. The molecule has 0 aliphatic carbocycles. The van der Waals surface area contributed by atoms with Crippen molar-refractivity contribution in [2.75, 3.05) is 19.0 Å². The predicted octanol–water partition coefficient (Wildman–Crippen LogP) is 4.59. The molecule has 0 bridgehead atoms. The van der Waals surface area contributed by atoms with Gasteiger partial charge in [0.05, 0.1) is 29.3 Å². The van der Waals surface area contributed by atoms with Gasteiger partial charge in [-0.2, -0.15) is 5.10 Å². The van der Waals surface area contributed by atoms with Gasteiger partial charge in [-0.15, -0.1) is 0 Å². The van der Waals surface area contributed by atoms with Crippen molar-refractivity contribution in [1.82, 2.24) is 14.8 Å². The van der Waals surface area contributed by atoms with E-state index in [0.717, 1.165) is 5.69 Å². The Hall–Kier alpha value is -3.13. The van der Waals surface area contributed by atoms with Gasteiger partial charge in [-0.3, -0.25) is 4.79 Å². The number of halogens is 1. The highest BCUT2D eigenvalue weighted by Crippen LogP contribution is 2.27. The number of carbonyl (C=O) groups is 2. The molecule has 8 nitrogen and oxygen atoms in total. The molecule has 0 radical (unpaired) electrons. The number of anilines is 1. The molecule has 0 saturated heterocycles. The lowest BCUT2D eigenvalue weighted by Crippen LogP contribution is -2.21. The Kier molecular flexibility index (Phi) is 6.80. The van der Waals surface area contributed by atoms with E-state index in [2.05, 4.69) is 15.4 Å².